The van der Waals surface area contributed by atoms with Crippen LogP contribution in [0.25, 0.3) is 10.9 Å². The number of aromatic nitrogens is 1. The summed E-state index contributed by atoms with van der Waals surface area (Å²) in [5, 5.41) is 2.89. The van der Waals surface area contributed by atoms with Gasteiger partial charge in [-0.05, 0) is 29.6 Å². The Morgan fingerprint density at radius 1 is 1.32 bits per heavy atom. The Morgan fingerprint density at radius 2 is 2.16 bits per heavy atom. The van der Waals surface area contributed by atoms with Crippen LogP contribution in [0.3, 0.4) is 0 Å². The van der Waals surface area contributed by atoms with Gasteiger partial charge in [0.05, 0.1) is 16.9 Å². The highest BCUT2D eigenvalue weighted by Gasteiger charge is 2.25. The van der Waals surface area contributed by atoms with E-state index in [2.05, 4.69) is 9.98 Å². The Morgan fingerprint density at radius 3 is 2.84 bits per heavy atom. The summed E-state index contributed by atoms with van der Waals surface area (Å²) >= 11 is 2.75. The van der Waals surface area contributed by atoms with E-state index in [-0.39, 0.29) is 4.21 Å². The van der Waals surface area contributed by atoms with Crippen LogP contribution in [0.2, 0.25) is 0 Å². The number of hydrogen-bond acceptors (Lipinski definition) is 5. The summed E-state index contributed by atoms with van der Waals surface area (Å²) in [6.45, 7) is 0.733. The number of anilines is 1. The molecule has 9 heteroatoms. The lowest BCUT2D eigenvalue weighted by molar-refractivity contribution is 0.596. The minimum atomic E-state index is -3.69. The first kappa shape index (κ1) is 16.6. The van der Waals surface area contributed by atoms with Gasteiger partial charge in [-0.1, -0.05) is 6.07 Å². The Kier molecular flexibility index (Phi) is 4.09. The summed E-state index contributed by atoms with van der Waals surface area (Å²) in [4.78, 5) is 7.54. The molecule has 1 aliphatic rings. The number of thioether (sulfide) groups is 1. The highest BCUT2D eigenvalue weighted by molar-refractivity contribution is 8.14. The molecule has 5 nitrogen and oxygen atoms in total. The number of nitrogens with zero attached hydrogens (tertiary/aromatic N) is 2. The molecule has 1 aromatic carbocycles. The molecule has 0 fully saturated rings. The second-order valence-electron chi connectivity index (χ2n) is 5.48. The molecule has 0 saturated heterocycles. The van der Waals surface area contributed by atoms with Crippen LogP contribution in [0.4, 0.5) is 10.1 Å². The van der Waals surface area contributed by atoms with Gasteiger partial charge in [-0.15, -0.1) is 23.1 Å². The fourth-order valence-corrected chi connectivity index (χ4v) is 5.91. The van der Waals surface area contributed by atoms with E-state index in [0.29, 0.717) is 22.3 Å². The van der Waals surface area contributed by atoms with E-state index in [1.54, 1.807) is 35.3 Å². The second-order valence-corrected chi connectivity index (χ2v) is 9.71. The molecule has 0 spiro atoms. The molecular weight excluding hydrogens is 381 g/mol. The molecule has 1 aliphatic heterocycles. The Balaban J connectivity index is 1.86. The number of aromatic amines is 1. The summed E-state index contributed by atoms with van der Waals surface area (Å²) in [6.07, 6.45) is 0. The predicted octanol–water partition coefficient (Wildman–Crippen LogP) is 3.69. The molecule has 0 aliphatic carbocycles. The Hall–Kier alpha value is -1.84. The number of fused-ring (bicyclic) bond motifs is 1. The number of halogens is 1. The lowest BCUT2D eigenvalue weighted by atomic mass is 10.2. The number of nitrogens with one attached hydrogen (secondary N) is 1. The topological polar surface area (TPSA) is 65.5 Å². The molecule has 0 saturated carbocycles. The average Bonchev–Trinajstić information content (AvgIpc) is 3.33. The quantitative estimate of drug-likeness (QED) is 0.733. The lowest BCUT2D eigenvalue weighted by Crippen LogP contribution is -2.26. The predicted molar refractivity (Wildman–Crippen MR) is 102 cm³/mol. The fraction of sp³-hybridized carbons (Fsp3) is 0.188. The SMILES string of the molecule is CN(c1ccc(F)c2cc(C3=NCCS3)[nH]c12)S(=O)(=O)c1cccs1. The van der Waals surface area contributed by atoms with Crippen LogP contribution < -0.4 is 4.31 Å². The summed E-state index contributed by atoms with van der Waals surface area (Å²) in [6, 6.07) is 7.71. The maximum absolute atomic E-state index is 14.3. The molecule has 3 heterocycles. The van der Waals surface area contributed by atoms with Gasteiger partial charge in [0.1, 0.15) is 15.1 Å². The molecule has 4 rings (SSSR count). The maximum Gasteiger partial charge on any atom is 0.273 e. The van der Waals surface area contributed by atoms with Gasteiger partial charge < -0.3 is 4.98 Å². The zero-order valence-corrected chi connectivity index (χ0v) is 15.6. The normalized spacial score (nSPS) is 14.9. The van der Waals surface area contributed by atoms with E-state index in [9.17, 15) is 12.8 Å². The van der Waals surface area contributed by atoms with Crippen molar-refractivity contribution in [3.8, 4) is 0 Å². The van der Waals surface area contributed by atoms with Crippen LogP contribution in [0.5, 0.6) is 0 Å². The van der Waals surface area contributed by atoms with Crippen molar-refractivity contribution in [1.82, 2.24) is 4.98 Å². The minimum absolute atomic E-state index is 0.245. The number of benzene rings is 1. The van der Waals surface area contributed by atoms with Crippen molar-refractivity contribution < 1.29 is 12.8 Å². The van der Waals surface area contributed by atoms with E-state index < -0.39 is 15.8 Å². The molecular formula is C16H14FN3O2S3. The van der Waals surface area contributed by atoms with Crippen LogP contribution in [-0.2, 0) is 10.0 Å². The minimum Gasteiger partial charge on any atom is -0.351 e. The van der Waals surface area contributed by atoms with Crippen molar-refractivity contribution in [3.05, 3.63) is 47.2 Å². The van der Waals surface area contributed by atoms with Crippen molar-refractivity contribution in [2.45, 2.75) is 4.21 Å². The van der Waals surface area contributed by atoms with E-state index in [1.807, 2.05) is 0 Å². The molecule has 0 amide bonds. The fourth-order valence-electron chi connectivity index (χ4n) is 2.72. The van der Waals surface area contributed by atoms with Crippen LogP contribution >= 0.6 is 23.1 Å². The van der Waals surface area contributed by atoms with Gasteiger partial charge in [-0.25, -0.2) is 12.8 Å². The Bertz CT molecular complexity index is 1070. The zero-order valence-electron chi connectivity index (χ0n) is 13.2. The van der Waals surface area contributed by atoms with Crippen LogP contribution in [0, 0.1) is 5.82 Å². The summed E-state index contributed by atoms with van der Waals surface area (Å²) in [7, 11) is -2.21. The largest absolute Gasteiger partial charge is 0.351 e. The average molecular weight is 396 g/mol. The highest BCUT2D eigenvalue weighted by atomic mass is 32.2. The van der Waals surface area contributed by atoms with Gasteiger partial charge in [-0.3, -0.25) is 9.30 Å². The van der Waals surface area contributed by atoms with Crippen molar-refractivity contribution in [3.63, 3.8) is 0 Å². The highest BCUT2D eigenvalue weighted by Crippen LogP contribution is 2.34. The Labute approximate surface area is 152 Å². The first-order valence-corrected chi connectivity index (χ1v) is 10.8. The molecule has 0 radical (unpaired) electrons. The van der Waals surface area contributed by atoms with E-state index in [4.69, 9.17) is 0 Å². The van der Waals surface area contributed by atoms with E-state index in [0.717, 1.165) is 28.7 Å². The van der Waals surface area contributed by atoms with Crippen LogP contribution in [-0.4, -0.2) is 37.8 Å². The summed E-state index contributed by atoms with van der Waals surface area (Å²) < 4.78 is 41.3. The van der Waals surface area contributed by atoms with Gasteiger partial charge in [0.2, 0.25) is 0 Å². The third kappa shape index (κ3) is 2.76. The first-order valence-electron chi connectivity index (χ1n) is 7.50. The molecule has 130 valence electrons. The van der Waals surface area contributed by atoms with Gasteiger partial charge in [0, 0.05) is 24.7 Å². The number of sulfonamides is 1. The monoisotopic (exact) mass is 395 g/mol. The van der Waals surface area contributed by atoms with E-state index >= 15 is 0 Å². The van der Waals surface area contributed by atoms with Crippen molar-refractivity contribution in [1.29, 1.82) is 0 Å². The first-order chi connectivity index (χ1) is 12.0. The molecule has 25 heavy (non-hydrogen) atoms. The number of aliphatic imine (C=N–C) groups is 1. The second kappa shape index (κ2) is 6.15. The zero-order chi connectivity index (χ0) is 17.6. The van der Waals surface area contributed by atoms with Crippen LogP contribution in [0.1, 0.15) is 5.69 Å². The standard InChI is InChI=1S/C16H14FN3O2S3/c1-20(25(21,22)14-3-2-7-23-14)13-5-4-11(17)10-9-12(19-15(10)13)16-18-6-8-24-16/h2-5,7,9,19H,6,8H2,1H3. The van der Waals surface area contributed by atoms with Gasteiger partial charge in [0.25, 0.3) is 10.0 Å². The van der Waals surface area contributed by atoms with E-state index in [1.165, 1.54) is 23.5 Å². The smallest absolute Gasteiger partial charge is 0.273 e. The number of rotatable bonds is 4. The third-order valence-corrected chi connectivity index (χ3v) is 8.14. The van der Waals surface area contributed by atoms with Crippen molar-refractivity contribution >= 4 is 54.8 Å². The number of hydrogen-bond donors (Lipinski definition) is 1. The van der Waals surface area contributed by atoms with Crippen LogP contribution in [0.15, 0.2) is 44.9 Å². The van der Waals surface area contributed by atoms with Gasteiger partial charge in [0.15, 0.2) is 0 Å². The summed E-state index contributed by atoms with van der Waals surface area (Å²) in [5.41, 5.74) is 1.57. The number of thiophene rings is 1. The third-order valence-electron chi connectivity index (χ3n) is 3.98. The molecule has 2 aromatic heterocycles. The molecule has 0 unspecified atom stereocenters. The molecule has 3 aromatic rings. The molecule has 0 atom stereocenters. The molecule has 1 N–H and O–H groups in total. The van der Waals surface area contributed by atoms with Gasteiger partial charge >= 0.3 is 0 Å². The lowest BCUT2D eigenvalue weighted by Gasteiger charge is -2.19. The number of H-pyrrole nitrogens is 1. The van der Waals surface area contributed by atoms with Gasteiger partial charge in [-0.2, -0.15) is 0 Å². The summed E-state index contributed by atoms with van der Waals surface area (Å²) in [5.74, 6) is 0.499. The van der Waals surface area contributed by atoms with Crippen molar-refractivity contribution in [2.75, 3.05) is 23.7 Å². The van der Waals surface area contributed by atoms with Crippen molar-refractivity contribution in [2.24, 2.45) is 4.99 Å². The maximum atomic E-state index is 14.3. The molecule has 0 bridgehead atoms.